The molecular formula is C11H22N2O3. The van der Waals surface area contributed by atoms with Crippen LogP contribution < -0.4 is 5.73 Å². The van der Waals surface area contributed by atoms with E-state index in [4.69, 9.17) is 10.5 Å². The van der Waals surface area contributed by atoms with Gasteiger partial charge in [-0.15, -0.1) is 0 Å². The maximum atomic E-state index is 11.4. The van der Waals surface area contributed by atoms with Gasteiger partial charge in [0.1, 0.15) is 5.54 Å². The summed E-state index contributed by atoms with van der Waals surface area (Å²) in [5.74, 6) is -0.383. The van der Waals surface area contributed by atoms with Gasteiger partial charge in [-0.1, -0.05) is 0 Å². The summed E-state index contributed by atoms with van der Waals surface area (Å²) in [6, 6.07) is 0. The van der Waals surface area contributed by atoms with Gasteiger partial charge in [0, 0.05) is 19.7 Å². The Labute approximate surface area is 96.9 Å². The van der Waals surface area contributed by atoms with Crippen molar-refractivity contribution in [1.29, 1.82) is 0 Å². The van der Waals surface area contributed by atoms with E-state index in [0.29, 0.717) is 6.54 Å². The van der Waals surface area contributed by atoms with Crippen LogP contribution in [0.15, 0.2) is 0 Å². The number of carbonyl (C=O) groups excluding carboxylic acids is 1. The lowest BCUT2D eigenvalue weighted by molar-refractivity contribution is -0.147. The summed E-state index contributed by atoms with van der Waals surface area (Å²) in [6.45, 7) is 3.81. The Morgan fingerprint density at radius 3 is 2.88 bits per heavy atom. The number of nitrogens with zero attached hydrogens (tertiary/aromatic N) is 1. The maximum absolute atomic E-state index is 11.4. The van der Waals surface area contributed by atoms with Crippen LogP contribution in [0.3, 0.4) is 0 Å². The van der Waals surface area contributed by atoms with Gasteiger partial charge in [-0.2, -0.15) is 0 Å². The van der Waals surface area contributed by atoms with Gasteiger partial charge in [-0.25, -0.2) is 0 Å². The molecule has 0 amide bonds. The third-order valence-corrected chi connectivity index (χ3v) is 2.79. The van der Waals surface area contributed by atoms with E-state index in [0.717, 1.165) is 26.0 Å². The van der Waals surface area contributed by atoms with Crippen molar-refractivity contribution in [3.8, 4) is 0 Å². The first kappa shape index (κ1) is 13.4. The van der Waals surface area contributed by atoms with Gasteiger partial charge in [0.2, 0.25) is 0 Å². The molecule has 0 saturated carbocycles. The minimum atomic E-state index is -0.956. The normalized spacial score (nSPS) is 24.4. The number of nitrogens with two attached hydrogens (primary N) is 1. The zero-order chi connectivity index (χ0) is 12.2. The van der Waals surface area contributed by atoms with Crippen LogP contribution in [0, 0.1) is 0 Å². The highest BCUT2D eigenvalue weighted by Crippen LogP contribution is 2.14. The van der Waals surface area contributed by atoms with Crippen LogP contribution in [0.4, 0.5) is 0 Å². The fourth-order valence-corrected chi connectivity index (χ4v) is 2.06. The van der Waals surface area contributed by atoms with Crippen LogP contribution in [0.1, 0.15) is 19.8 Å². The Hall–Kier alpha value is -0.650. The molecule has 0 aromatic heterocycles. The van der Waals surface area contributed by atoms with Crippen LogP contribution in [0.2, 0.25) is 0 Å². The molecule has 1 aliphatic heterocycles. The predicted octanol–water partition coefficient (Wildman–Crippen LogP) is -0.0124. The van der Waals surface area contributed by atoms with Crippen molar-refractivity contribution in [1.82, 2.24) is 4.90 Å². The molecule has 1 aliphatic rings. The number of carbonyl (C=O) groups is 1. The molecule has 0 aromatic rings. The average molecular weight is 230 g/mol. The number of methoxy groups -OCH3 is 1. The third-order valence-electron chi connectivity index (χ3n) is 2.79. The molecule has 1 saturated heterocycles. The topological polar surface area (TPSA) is 64.8 Å². The summed E-state index contributed by atoms with van der Waals surface area (Å²) in [5.41, 5.74) is 4.93. The first-order valence-electron chi connectivity index (χ1n) is 5.63. The van der Waals surface area contributed by atoms with E-state index in [1.54, 1.807) is 6.92 Å². The van der Waals surface area contributed by atoms with Gasteiger partial charge in [-0.05, 0) is 26.8 Å². The minimum Gasteiger partial charge on any atom is -0.468 e. The van der Waals surface area contributed by atoms with Crippen LogP contribution in [-0.4, -0.2) is 56.4 Å². The van der Waals surface area contributed by atoms with Crippen molar-refractivity contribution >= 4 is 5.97 Å². The molecule has 1 heterocycles. The zero-order valence-electron chi connectivity index (χ0n) is 10.4. The monoisotopic (exact) mass is 230 g/mol. The molecule has 5 nitrogen and oxygen atoms in total. The summed E-state index contributed by atoms with van der Waals surface area (Å²) in [6.07, 6.45) is 2.48. The van der Waals surface area contributed by atoms with E-state index >= 15 is 0 Å². The first-order valence-corrected chi connectivity index (χ1v) is 5.63. The second-order valence-corrected chi connectivity index (χ2v) is 4.74. The summed E-state index contributed by atoms with van der Waals surface area (Å²) in [5, 5.41) is 0. The lowest BCUT2D eigenvalue weighted by Crippen LogP contribution is -2.54. The Morgan fingerprint density at radius 2 is 2.38 bits per heavy atom. The lowest BCUT2D eigenvalue weighted by atomic mass is 10.0. The lowest BCUT2D eigenvalue weighted by Gasteiger charge is -2.29. The van der Waals surface area contributed by atoms with Crippen LogP contribution in [0.5, 0.6) is 0 Å². The zero-order valence-corrected chi connectivity index (χ0v) is 10.4. The highest BCUT2D eigenvalue weighted by Gasteiger charge is 2.31. The SMILES string of the molecule is COC(=O)C(C)(N)CN(C)CC1CCCO1. The summed E-state index contributed by atoms with van der Waals surface area (Å²) >= 11 is 0. The van der Waals surface area contributed by atoms with Crippen LogP contribution in [-0.2, 0) is 14.3 Å². The van der Waals surface area contributed by atoms with Crippen LogP contribution in [0.25, 0.3) is 0 Å². The Kier molecular flexibility index (Phi) is 4.70. The number of hydrogen-bond acceptors (Lipinski definition) is 5. The molecule has 2 N–H and O–H groups in total. The van der Waals surface area contributed by atoms with Gasteiger partial charge in [0.25, 0.3) is 0 Å². The Morgan fingerprint density at radius 1 is 1.69 bits per heavy atom. The molecule has 0 spiro atoms. The summed E-state index contributed by atoms with van der Waals surface area (Å²) in [4.78, 5) is 13.4. The Bertz CT molecular complexity index is 237. The molecule has 1 fully saturated rings. The molecule has 0 radical (unpaired) electrons. The minimum absolute atomic E-state index is 0.276. The van der Waals surface area contributed by atoms with Gasteiger partial charge >= 0.3 is 5.97 Å². The fourth-order valence-electron chi connectivity index (χ4n) is 2.06. The van der Waals surface area contributed by atoms with Crippen molar-refractivity contribution < 1.29 is 14.3 Å². The molecule has 0 bridgehead atoms. The van der Waals surface area contributed by atoms with Crippen molar-refractivity contribution in [2.75, 3.05) is 33.9 Å². The highest BCUT2D eigenvalue weighted by molar-refractivity contribution is 5.80. The van der Waals surface area contributed by atoms with Crippen molar-refractivity contribution in [3.05, 3.63) is 0 Å². The standard InChI is InChI=1S/C11H22N2O3/c1-11(12,10(14)15-3)8-13(2)7-9-5-4-6-16-9/h9H,4-8,12H2,1-3H3. The number of ether oxygens (including phenoxy) is 2. The van der Waals surface area contributed by atoms with Crippen molar-refractivity contribution in [3.63, 3.8) is 0 Å². The molecule has 5 heteroatoms. The molecule has 0 aromatic carbocycles. The quantitative estimate of drug-likeness (QED) is 0.673. The predicted molar refractivity (Wildman–Crippen MR) is 61.1 cm³/mol. The van der Waals surface area contributed by atoms with E-state index in [2.05, 4.69) is 4.74 Å². The smallest absolute Gasteiger partial charge is 0.326 e. The van der Waals surface area contributed by atoms with Crippen molar-refractivity contribution in [2.24, 2.45) is 5.73 Å². The third kappa shape index (κ3) is 3.73. The van der Waals surface area contributed by atoms with Gasteiger partial charge in [0.15, 0.2) is 0 Å². The molecular weight excluding hydrogens is 208 g/mol. The molecule has 2 atom stereocenters. The van der Waals surface area contributed by atoms with Gasteiger partial charge in [-0.3, -0.25) is 4.79 Å². The van der Waals surface area contributed by atoms with E-state index in [-0.39, 0.29) is 12.1 Å². The van der Waals surface area contributed by atoms with Crippen molar-refractivity contribution in [2.45, 2.75) is 31.4 Å². The number of rotatable bonds is 5. The van der Waals surface area contributed by atoms with Gasteiger partial charge in [0.05, 0.1) is 13.2 Å². The number of hydrogen-bond donors (Lipinski definition) is 1. The summed E-state index contributed by atoms with van der Waals surface area (Å²) in [7, 11) is 3.29. The fraction of sp³-hybridized carbons (Fsp3) is 0.909. The second-order valence-electron chi connectivity index (χ2n) is 4.74. The van der Waals surface area contributed by atoms with E-state index < -0.39 is 5.54 Å². The number of likely N-dealkylation sites (N-methyl/N-ethyl adjacent to an activating group) is 1. The van der Waals surface area contributed by atoms with Gasteiger partial charge < -0.3 is 20.1 Å². The molecule has 2 unspecified atom stereocenters. The molecule has 16 heavy (non-hydrogen) atoms. The van der Waals surface area contributed by atoms with E-state index in [1.165, 1.54) is 7.11 Å². The largest absolute Gasteiger partial charge is 0.468 e. The van der Waals surface area contributed by atoms with E-state index in [1.807, 2.05) is 11.9 Å². The second kappa shape index (κ2) is 5.61. The Balaban J connectivity index is 2.37. The molecule has 94 valence electrons. The average Bonchev–Trinajstić information content (AvgIpc) is 2.67. The van der Waals surface area contributed by atoms with Crippen LogP contribution >= 0.6 is 0 Å². The summed E-state index contributed by atoms with van der Waals surface area (Å²) < 4.78 is 10.2. The highest BCUT2D eigenvalue weighted by atomic mass is 16.5. The number of esters is 1. The molecule has 0 aliphatic carbocycles. The maximum Gasteiger partial charge on any atom is 0.326 e. The molecule has 1 rings (SSSR count). The van der Waals surface area contributed by atoms with E-state index in [9.17, 15) is 4.79 Å². The first-order chi connectivity index (χ1) is 7.45.